The molecule has 1 fully saturated rings. The first-order valence-electron chi connectivity index (χ1n) is 10.7. The number of hydrogen-bond acceptors (Lipinski definition) is 4. The second-order valence-corrected chi connectivity index (χ2v) is 7.38. The molecule has 1 atom stereocenters. The Morgan fingerprint density at radius 2 is 1.90 bits per heavy atom. The molecule has 1 aromatic carbocycles. The molecule has 29 heavy (non-hydrogen) atoms. The van der Waals surface area contributed by atoms with E-state index in [1.165, 1.54) is 5.56 Å². The van der Waals surface area contributed by atoms with Crippen LogP contribution in [0.4, 0.5) is 0 Å². The van der Waals surface area contributed by atoms with Crippen LogP contribution in [0.2, 0.25) is 0 Å². The highest BCUT2D eigenvalue weighted by Gasteiger charge is 2.21. The number of methoxy groups -OCH3 is 1. The molecule has 0 heterocycles. The number of likely N-dealkylation sites (N-methyl/N-ethyl adjacent to an activating group) is 1. The average molecular weight is 518 g/mol. The SMILES string of the molecule is CCNC(=NCC(c1cccc(OC)c1)N(CC)CC)NC1CCC(O)CC1.I. The van der Waals surface area contributed by atoms with Gasteiger partial charge in [-0.3, -0.25) is 9.89 Å². The van der Waals surface area contributed by atoms with Crippen molar-refractivity contribution < 1.29 is 9.84 Å². The topological polar surface area (TPSA) is 69.1 Å². The van der Waals surface area contributed by atoms with E-state index in [-0.39, 0.29) is 36.1 Å². The van der Waals surface area contributed by atoms with Gasteiger partial charge in [0.25, 0.3) is 0 Å². The van der Waals surface area contributed by atoms with Gasteiger partial charge in [-0.2, -0.15) is 0 Å². The Morgan fingerprint density at radius 1 is 1.21 bits per heavy atom. The maximum atomic E-state index is 9.74. The fourth-order valence-electron chi connectivity index (χ4n) is 3.86. The van der Waals surface area contributed by atoms with Crippen LogP contribution in [0.5, 0.6) is 5.75 Å². The quantitative estimate of drug-likeness (QED) is 0.265. The van der Waals surface area contributed by atoms with Gasteiger partial charge >= 0.3 is 0 Å². The number of benzene rings is 1. The van der Waals surface area contributed by atoms with E-state index in [1.807, 2.05) is 12.1 Å². The third-order valence-corrected chi connectivity index (χ3v) is 5.54. The smallest absolute Gasteiger partial charge is 0.191 e. The van der Waals surface area contributed by atoms with E-state index < -0.39 is 0 Å². The van der Waals surface area contributed by atoms with Crippen LogP contribution in [0.15, 0.2) is 29.3 Å². The van der Waals surface area contributed by atoms with Crippen molar-refractivity contribution in [2.45, 2.75) is 64.6 Å². The van der Waals surface area contributed by atoms with Gasteiger partial charge in [-0.15, -0.1) is 24.0 Å². The van der Waals surface area contributed by atoms with E-state index in [1.54, 1.807) is 7.11 Å². The molecule has 0 aliphatic heterocycles. The molecule has 1 saturated carbocycles. The van der Waals surface area contributed by atoms with Crippen molar-refractivity contribution >= 4 is 29.9 Å². The molecule has 0 bridgehead atoms. The number of aliphatic imine (C=N–C) groups is 1. The molecule has 1 aromatic rings. The van der Waals surface area contributed by atoms with Crippen LogP contribution >= 0.6 is 24.0 Å². The predicted molar refractivity (Wildman–Crippen MR) is 131 cm³/mol. The summed E-state index contributed by atoms with van der Waals surface area (Å²) in [5.41, 5.74) is 1.23. The molecule has 1 unspecified atom stereocenters. The van der Waals surface area contributed by atoms with Crippen molar-refractivity contribution in [3.8, 4) is 5.75 Å². The molecule has 7 heteroatoms. The van der Waals surface area contributed by atoms with Gasteiger partial charge in [-0.05, 0) is 63.4 Å². The summed E-state index contributed by atoms with van der Waals surface area (Å²) >= 11 is 0. The lowest BCUT2D eigenvalue weighted by Crippen LogP contribution is -2.45. The Kier molecular flexibility index (Phi) is 12.6. The molecular formula is C22H39IN4O2. The number of nitrogens with zero attached hydrogens (tertiary/aromatic N) is 2. The van der Waals surface area contributed by atoms with Crippen molar-refractivity contribution in [2.24, 2.45) is 4.99 Å². The minimum atomic E-state index is -0.141. The van der Waals surface area contributed by atoms with Crippen LogP contribution in [0, 0.1) is 0 Å². The highest BCUT2D eigenvalue weighted by Crippen LogP contribution is 2.25. The first-order valence-corrected chi connectivity index (χ1v) is 10.7. The zero-order chi connectivity index (χ0) is 20.4. The number of guanidine groups is 1. The van der Waals surface area contributed by atoms with Crippen LogP contribution in [-0.2, 0) is 0 Å². The van der Waals surface area contributed by atoms with Gasteiger partial charge in [0.2, 0.25) is 0 Å². The van der Waals surface area contributed by atoms with Crippen LogP contribution in [0.3, 0.4) is 0 Å². The number of aliphatic hydroxyl groups is 1. The van der Waals surface area contributed by atoms with E-state index in [0.717, 1.165) is 57.0 Å². The first-order chi connectivity index (χ1) is 13.6. The molecule has 3 N–H and O–H groups in total. The van der Waals surface area contributed by atoms with Crippen molar-refractivity contribution in [1.82, 2.24) is 15.5 Å². The maximum Gasteiger partial charge on any atom is 0.191 e. The molecule has 2 rings (SSSR count). The van der Waals surface area contributed by atoms with E-state index >= 15 is 0 Å². The second-order valence-electron chi connectivity index (χ2n) is 7.38. The Bertz CT molecular complexity index is 602. The standard InChI is InChI=1S/C22H38N4O2.HI/c1-5-23-22(25-18-11-13-19(27)14-12-18)24-16-21(26(6-2)7-3)17-9-8-10-20(15-17)28-4;/h8-10,15,18-19,21,27H,5-7,11-14,16H2,1-4H3,(H2,23,24,25);1H. The summed E-state index contributed by atoms with van der Waals surface area (Å²) in [7, 11) is 1.71. The monoisotopic (exact) mass is 518 g/mol. The van der Waals surface area contributed by atoms with Crippen molar-refractivity contribution in [1.29, 1.82) is 0 Å². The summed E-state index contributed by atoms with van der Waals surface area (Å²) in [6.45, 7) is 9.92. The number of halogens is 1. The van der Waals surface area contributed by atoms with Gasteiger partial charge in [0, 0.05) is 12.6 Å². The highest BCUT2D eigenvalue weighted by molar-refractivity contribution is 14.0. The molecule has 166 valence electrons. The fourth-order valence-corrected chi connectivity index (χ4v) is 3.86. The molecule has 0 spiro atoms. The summed E-state index contributed by atoms with van der Waals surface area (Å²) < 4.78 is 5.43. The van der Waals surface area contributed by atoms with Crippen LogP contribution in [0.25, 0.3) is 0 Å². The van der Waals surface area contributed by atoms with Gasteiger partial charge in [0.1, 0.15) is 5.75 Å². The Morgan fingerprint density at radius 3 is 2.48 bits per heavy atom. The number of aliphatic hydroxyl groups excluding tert-OH is 1. The minimum absolute atomic E-state index is 0. The second kappa shape index (κ2) is 14.0. The lowest BCUT2D eigenvalue weighted by molar-refractivity contribution is 0.120. The van der Waals surface area contributed by atoms with Gasteiger partial charge in [-0.25, -0.2) is 0 Å². The largest absolute Gasteiger partial charge is 0.497 e. The lowest BCUT2D eigenvalue weighted by Gasteiger charge is -2.30. The molecule has 0 radical (unpaired) electrons. The number of hydrogen-bond donors (Lipinski definition) is 3. The Hall–Kier alpha value is -1.06. The molecule has 0 saturated heterocycles. The third kappa shape index (κ3) is 8.30. The molecule has 1 aliphatic carbocycles. The van der Waals surface area contributed by atoms with Gasteiger partial charge < -0.3 is 20.5 Å². The molecule has 0 amide bonds. The number of ether oxygens (including phenoxy) is 1. The Labute approximate surface area is 193 Å². The summed E-state index contributed by atoms with van der Waals surface area (Å²) in [6, 6.07) is 8.88. The van der Waals surface area contributed by atoms with Crippen molar-refractivity contribution in [2.75, 3.05) is 33.3 Å². The van der Waals surface area contributed by atoms with Crippen LogP contribution in [-0.4, -0.2) is 61.4 Å². The average Bonchev–Trinajstić information content (AvgIpc) is 2.72. The van der Waals surface area contributed by atoms with Gasteiger partial charge in [0.05, 0.1) is 25.8 Å². The molecular weight excluding hydrogens is 479 g/mol. The number of rotatable bonds is 9. The summed E-state index contributed by atoms with van der Waals surface area (Å²) in [5.74, 6) is 1.74. The van der Waals surface area contributed by atoms with Gasteiger partial charge in [0.15, 0.2) is 5.96 Å². The third-order valence-electron chi connectivity index (χ3n) is 5.54. The minimum Gasteiger partial charge on any atom is -0.497 e. The highest BCUT2D eigenvalue weighted by atomic mass is 127. The van der Waals surface area contributed by atoms with Crippen molar-refractivity contribution in [3.63, 3.8) is 0 Å². The zero-order valence-corrected chi connectivity index (χ0v) is 20.7. The van der Waals surface area contributed by atoms with Crippen LogP contribution in [0.1, 0.15) is 58.1 Å². The first kappa shape index (κ1) is 26.0. The summed E-state index contributed by atoms with van der Waals surface area (Å²) in [5, 5.41) is 16.7. The van der Waals surface area contributed by atoms with E-state index in [4.69, 9.17) is 9.73 Å². The number of nitrogens with one attached hydrogen (secondary N) is 2. The fraction of sp³-hybridized carbons (Fsp3) is 0.682. The Balaban J connectivity index is 0.00000420. The normalized spacial score (nSPS) is 20.7. The lowest BCUT2D eigenvalue weighted by atomic mass is 9.93. The van der Waals surface area contributed by atoms with E-state index in [0.29, 0.717) is 12.6 Å². The van der Waals surface area contributed by atoms with E-state index in [9.17, 15) is 5.11 Å². The summed E-state index contributed by atoms with van der Waals surface area (Å²) in [6.07, 6.45) is 3.56. The molecule has 1 aliphatic rings. The van der Waals surface area contributed by atoms with Gasteiger partial charge in [-0.1, -0.05) is 26.0 Å². The molecule has 0 aromatic heterocycles. The predicted octanol–water partition coefficient (Wildman–Crippen LogP) is 3.55. The van der Waals surface area contributed by atoms with E-state index in [2.05, 4.69) is 48.4 Å². The zero-order valence-electron chi connectivity index (χ0n) is 18.4. The van der Waals surface area contributed by atoms with Crippen molar-refractivity contribution in [3.05, 3.63) is 29.8 Å². The summed E-state index contributed by atoms with van der Waals surface area (Å²) in [4.78, 5) is 7.35. The van der Waals surface area contributed by atoms with Crippen LogP contribution < -0.4 is 15.4 Å². The molecule has 6 nitrogen and oxygen atoms in total. The maximum absolute atomic E-state index is 9.74.